The van der Waals surface area contributed by atoms with Gasteiger partial charge in [-0.3, -0.25) is 9.78 Å². The summed E-state index contributed by atoms with van der Waals surface area (Å²) in [6.07, 6.45) is 3.51. The van der Waals surface area contributed by atoms with Crippen LogP contribution in [-0.2, 0) is 17.8 Å². The number of anilines is 1. The number of carbonyl (C=O) groups excluding carboxylic acids is 1. The number of halogens is 1. The summed E-state index contributed by atoms with van der Waals surface area (Å²) in [5.74, 6) is -0.548. The Morgan fingerprint density at radius 1 is 1.25 bits per heavy atom. The second kappa shape index (κ2) is 6.77. The maximum Gasteiger partial charge on any atom is 0.224 e. The summed E-state index contributed by atoms with van der Waals surface area (Å²) in [6, 6.07) is 8.01. The molecule has 0 aliphatic carbocycles. The molecular weight excluding hydrogens is 259 g/mol. The second-order valence-corrected chi connectivity index (χ2v) is 4.33. The number of hydrogen-bond donors (Lipinski definition) is 2. The SMILES string of the molecule is O=C(CCc1ccccc1F)Nc1cnccc1CO. The van der Waals surface area contributed by atoms with Crippen molar-refractivity contribution in [3.63, 3.8) is 0 Å². The Labute approximate surface area is 116 Å². The minimum absolute atomic E-state index is 0.167. The van der Waals surface area contributed by atoms with E-state index in [0.717, 1.165) is 0 Å². The largest absolute Gasteiger partial charge is 0.392 e. The summed E-state index contributed by atoms with van der Waals surface area (Å²) in [5.41, 5.74) is 1.59. The molecule has 0 atom stereocenters. The fourth-order valence-corrected chi connectivity index (χ4v) is 1.84. The van der Waals surface area contributed by atoms with E-state index in [9.17, 15) is 9.18 Å². The molecule has 1 amide bonds. The van der Waals surface area contributed by atoms with Gasteiger partial charge in [-0.2, -0.15) is 0 Å². The number of carbonyl (C=O) groups is 1. The molecule has 0 unspecified atom stereocenters. The van der Waals surface area contributed by atoms with Gasteiger partial charge in [0.2, 0.25) is 5.91 Å². The third kappa shape index (κ3) is 3.61. The molecule has 1 aromatic heterocycles. The van der Waals surface area contributed by atoms with Crippen molar-refractivity contribution in [1.82, 2.24) is 4.98 Å². The Morgan fingerprint density at radius 2 is 2.05 bits per heavy atom. The minimum Gasteiger partial charge on any atom is -0.392 e. The number of aromatic nitrogens is 1. The molecule has 20 heavy (non-hydrogen) atoms. The lowest BCUT2D eigenvalue weighted by molar-refractivity contribution is -0.116. The van der Waals surface area contributed by atoms with Crippen LogP contribution >= 0.6 is 0 Å². The number of nitrogens with one attached hydrogen (secondary N) is 1. The van der Waals surface area contributed by atoms with Crippen molar-refractivity contribution in [3.05, 3.63) is 59.7 Å². The monoisotopic (exact) mass is 274 g/mol. The lowest BCUT2D eigenvalue weighted by atomic mass is 10.1. The zero-order chi connectivity index (χ0) is 14.4. The first-order valence-electron chi connectivity index (χ1n) is 6.27. The third-order valence-electron chi connectivity index (χ3n) is 2.94. The van der Waals surface area contributed by atoms with Gasteiger partial charge in [0.05, 0.1) is 18.5 Å². The Kier molecular flexibility index (Phi) is 4.79. The van der Waals surface area contributed by atoms with Crippen LogP contribution in [0, 0.1) is 5.82 Å². The Bertz CT molecular complexity index is 602. The molecule has 0 spiro atoms. The number of amides is 1. The predicted octanol–water partition coefficient (Wildman–Crippen LogP) is 2.28. The second-order valence-electron chi connectivity index (χ2n) is 4.33. The topological polar surface area (TPSA) is 62.2 Å². The van der Waals surface area contributed by atoms with Gasteiger partial charge in [-0.25, -0.2) is 4.39 Å². The van der Waals surface area contributed by atoms with Crippen LogP contribution in [0.1, 0.15) is 17.5 Å². The maximum absolute atomic E-state index is 13.4. The molecule has 0 saturated heterocycles. The average molecular weight is 274 g/mol. The highest BCUT2D eigenvalue weighted by Crippen LogP contribution is 2.14. The van der Waals surface area contributed by atoms with Crippen LogP contribution in [0.4, 0.5) is 10.1 Å². The summed E-state index contributed by atoms with van der Waals surface area (Å²) in [4.78, 5) is 15.7. The van der Waals surface area contributed by atoms with Gasteiger partial charge < -0.3 is 10.4 Å². The van der Waals surface area contributed by atoms with Gasteiger partial charge in [-0.05, 0) is 24.1 Å². The van der Waals surface area contributed by atoms with E-state index < -0.39 is 0 Å². The molecule has 2 N–H and O–H groups in total. The summed E-state index contributed by atoms with van der Waals surface area (Å²) in [7, 11) is 0. The summed E-state index contributed by atoms with van der Waals surface area (Å²) in [6.45, 7) is -0.175. The number of rotatable bonds is 5. The fourth-order valence-electron chi connectivity index (χ4n) is 1.84. The first-order valence-corrected chi connectivity index (χ1v) is 6.27. The van der Waals surface area contributed by atoms with Crippen molar-refractivity contribution in [2.45, 2.75) is 19.4 Å². The van der Waals surface area contributed by atoms with Crippen LogP contribution in [0.15, 0.2) is 42.7 Å². The molecule has 0 saturated carbocycles. The molecule has 0 radical (unpaired) electrons. The fraction of sp³-hybridized carbons (Fsp3) is 0.200. The van der Waals surface area contributed by atoms with Crippen molar-refractivity contribution >= 4 is 11.6 Å². The van der Waals surface area contributed by atoms with E-state index in [0.29, 0.717) is 23.2 Å². The van der Waals surface area contributed by atoms with Crippen LogP contribution in [0.5, 0.6) is 0 Å². The van der Waals surface area contributed by atoms with Gasteiger partial charge >= 0.3 is 0 Å². The van der Waals surface area contributed by atoms with E-state index >= 15 is 0 Å². The molecule has 0 fully saturated rings. The van der Waals surface area contributed by atoms with Crippen molar-refractivity contribution in [3.8, 4) is 0 Å². The van der Waals surface area contributed by atoms with Crippen LogP contribution in [0.2, 0.25) is 0 Å². The van der Waals surface area contributed by atoms with E-state index in [1.807, 2.05) is 0 Å². The number of aliphatic hydroxyl groups is 1. The highest BCUT2D eigenvalue weighted by Gasteiger charge is 2.08. The number of aryl methyl sites for hydroxylation is 1. The number of hydrogen-bond acceptors (Lipinski definition) is 3. The lowest BCUT2D eigenvalue weighted by Crippen LogP contribution is -2.14. The summed E-state index contributed by atoms with van der Waals surface area (Å²) >= 11 is 0. The van der Waals surface area contributed by atoms with Crippen molar-refractivity contribution < 1.29 is 14.3 Å². The highest BCUT2D eigenvalue weighted by atomic mass is 19.1. The standard InChI is InChI=1S/C15H15FN2O2/c16-13-4-2-1-3-11(13)5-6-15(20)18-14-9-17-8-7-12(14)10-19/h1-4,7-9,19H,5-6,10H2,(H,18,20). The van der Waals surface area contributed by atoms with Crippen molar-refractivity contribution in [1.29, 1.82) is 0 Å². The first kappa shape index (κ1) is 14.1. The average Bonchev–Trinajstić information content (AvgIpc) is 2.47. The molecule has 5 heteroatoms. The van der Waals surface area contributed by atoms with Crippen LogP contribution in [0.3, 0.4) is 0 Å². The number of nitrogens with zero attached hydrogens (tertiary/aromatic N) is 1. The molecule has 1 aromatic carbocycles. The number of benzene rings is 1. The van der Waals surface area contributed by atoms with E-state index in [4.69, 9.17) is 5.11 Å². The zero-order valence-corrected chi connectivity index (χ0v) is 10.8. The van der Waals surface area contributed by atoms with Gasteiger partial charge in [0, 0.05) is 18.2 Å². The molecule has 2 rings (SSSR count). The Hall–Kier alpha value is -2.27. The molecule has 0 aliphatic heterocycles. The first-order chi connectivity index (χ1) is 9.70. The number of aliphatic hydroxyl groups excluding tert-OH is 1. The van der Waals surface area contributed by atoms with Crippen LogP contribution in [-0.4, -0.2) is 16.0 Å². The summed E-state index contributed by atoms with van der Waals surface area (Å²) < 4.78 is 13.4. The predicted molar refractivity (Wildman–Crippen MR) is 73.5 cm³/mol. The highest BCUT2D eigenvalue weighted by molar-refractivity contribution is 5.91. The van der Waals surface area contributed by atoms with Crippen LogP contribution < -0.4 is 5.32 Å². The smallest absolute Gasteiger partial charge is 0.224 e. The van der Waals surface area contributed by atoms with Crippen molar-refractivity contribution in [2.75, 3.05) is 5.32 Å². The Balaban J connectivity index is 1.95. The van der Waals surface area contributed by atoms with Gasteiger partial charge in [0.15, 0.2) is 0 Å². The van der Waals surface area contributed by atoms with Gasteiger partial charge in [0.1, 0.15) is 5.82 Å². The van der Waals surface area contributed by atoms with Gasteiger partial charge in [0.25, 0.3) is 0 Å². The Morgan fingerprint density at radius 3 is 2.80 bits per heavy atom. The molecule has 0 bridgehead atoms. The van der Waals surface area contributed by atoms with Gasteiger partial charge in [-0.1, -0.05) is 18.2 Å². The molecular formula is C15H15FN2O2. The zero-order valence-electron chi connectivity index (χ0n) is 10.8. The van der Waals surface area contributed by atoms with E-state index in [1.54, 1.807) is 30.5 Å². The van der Waals surface area contributed by atoms with E-state index in [2.05, 4.69) is 10.3 Å². The van der Waals surface area contributed by atoms with Crippen molar-refractivity contribution in [2.24, 2.45) is 0 Å². The summed E-state index contributed by atoms with van der Waals surface area (Å²) in [5, 5.41) is 11.8. The van der Waals surface area contributed by atoms with Gasteiger partial charge in [-0.15, -0.1) is 0 Å². The third-order valence-corrected chi connectivity index (χ3v) is 2.94. The molecule has 104 valence electrons. The lowest BCUT2D eigenvalue weighted by Gasteiger charge is -2.08. The number of pyridine rings is 1. The van der Waals surface area contributed by atoms with E-state index in [1.165, 1.54) is 12.3 Å². The molecule has 0 aliphatic rings. The van der Waals surface area contributed by atoms with E-state index in [-0.39, 0.29) is 24.8 Å². The quantitative estimate of drug-likeness (QED) is 0.879. The minimum atomic E-state index is -0.308. The van der Waals surface area contributed by atoms with Crippen LogP contribution in [0.25, 0.3) is 0 Å². The maximum atomic E-state index is 13.4. The molecule has 1 heterocycles. The molecule has 2 aromatic rings. The molecule has 4 nitrogen and oxygen atoms in total. The normalized spacial score (nSPS) is 10.3.